The normalized spacial score (nSPS) is 11.2. The first-order valence-corrected chi connectivity index (χ1v) is 4.83. The van der Waals surface area contributed by atoms with E-state index in [1.807, 2.05) is 0 Å². The van der Waals surface area contributed by atoms with Gasteiger partial charge in [0.1, 0.15) is 5.75 Å². The van der Waals surface area contributed by atoms with Gasteiger partial charge in [0.05, 0.1) is 18.7 Å². The van der Waals surface area contributed by atoms with E-state index in [4.69, 9.17) is 15.7 Å². The molecule has 1 aromatic carbocycles. The van der Waals surface area contributed by atoms with Gasteiger partial charge in [0.2, 0.25) is 5.91 Å². The predicted octanol–water partition coefficient (Wildman–Crippen LogP) is 1.14. The van der Waals surface area contributed by atoms with E-state index < -0.39 is 0 Å². The molecule has 0 atom stereocenters. The van der Waals surface area contributed by atoms with Crippen molar-refractivity contribution in [3.63, 3.8) is 0 Å². The number of nitrogens with zero attached hydrogens (tertiary/aromatic N) is 1. The molecule has 0 saturated carbocycles. The number of nitrogens with two attached hydrogens (primary N) is 1. The Bertz CT molecular complexity index is 385. The van der Waals surface area contributed by atoms with E-state index in [2.05, 4.69) is 5.16 Å². The van der Waals surface area contributed by atoms with Crippen LogP contribution in [0.1, 0.15) is 18.9 Å². The van der Waals surface area contributed by atoms with Crippen LogP contribution in [0.15, 0.2) is 29.4 Å². The number of hydrogen-bond acceptors (Lipinski definition) is 4. The fourth-order valence-corrected chi connectivity index (χ4v) is 1.12. The summed E-state index contributed by atoms with van der Waals surface area (Å²) < 4.78 is 5.28. The number of benzene rings is 1. The first-order valence-electron chi connectivity index (χ1n) is 4.83. The van der Waals surface area contributed by atoms with Gasteiger partial charge in [0, 0.05) is 0 Å². The first kappa shape index (κ1) is 12.0. The number of rotatable bonds is 5. The number of hydrogen-bond donors (Lipinski definition) is 2. The molecule has 0 aliphatic carbocycles. The van der Waals surface area contributed by atoms with Crippen molar-refractivity contribution >= 4 is 11.6 Å². The number of primary amides is 1. The molecule has 0 aliphatic rings. The molecule has 0 aromatic heterocycles. The van der Waals surface area contributed by atoms with Crippen molar-refractivity contribution in [2.24, 2.45) is 10.9 Å². The molecule has 0 aliphatic heterocycles. The quantitative estimate of drug-likeness (QED) is 0.445. The molecule has 3 N–H and O–H groups in total. The Labute approximate surface area is 93.5 Å². The summed E-state index contributed by atoms with van der Waals surface area (Å²) in [5.41, 5.74) is 6.32. The Kier molecular flexibility index (Phi) is 4.32. The molecule has 16 heavy (non-hydrogen) atoms. The molecule has 1 aromatic rings. The lowest BCUT2D eigenvalue weighted by Crippen LogP contribution is -2.14. The van der Waals surface area contributed by atoms with Crippen molar-refractivity contribution in [3.05, 3.63) is 29.8 Å². The molecule has 0 fully saturated rings. The third-order valence-corrected chi connectivity index (χ3v) is 2.04. The second kappa shape index (κ2) is 5.75. The van der Waals surface area contributed by atoms with Crippen LogP contribution < -0.4 is 10.5 Å². The Morgan fingerprint density at radius 1 is 1.44 bits per heavy atom. The Morgan fingerprint density at radius 3 is 2.56 bits per heavy atom. The van der Waals surface area contributed by atoms with Gasteiger partial charge in [-0.15, -0.1) is 0 Å². The second-order valence-electron chi connectivity index (χ2n) is 3.27. The zero-order valence-corrected chi connectivity index (χ0v) is 9.01. The molecule has 0 unspecified atom stereocenters. The monoisotopic (exact) mass is 222 g/mol. The van der Waals surface area contributed by atoms with Gasteiger partial charge in [-0.05, 0) is 36.8 Å². The number of oxime groups is 1. The van der Waals surface area contributed by atoms with E-state index >= 15 is 0 Å². The lowest BCUT2D eigenvalue weighted by molar-refractivity contribution is -0.118. The van der Waals surface area contributed by atoms with Gasteiger partial charge in [-0.25, -0.2) is 0 Å². The highest BCUT2D eigenvalue weighted by atomic mass is 16.5. The van der Waals surface area contributed by atoms with Crippen LogP contribution in [0, 0.1) is 0 Å². The summed E-state index contributed by atoms with van der Waals surface area (Å²) in [6.07, 6.45) is 0.193. The summed E-state index contributed by atoms with van der Waals surface area (Å²) in [5.74, 6) is 0.260. The topological polar surface area (TPSA) is 84.9 Å². The third-order valence-electron chi connectivity index (χ3n) is 2.04. The lowest BCUT2D eigenvalue weighted by Gasteiger charge is -2.05. The number of carbonyl (C=O) groups is 1. The van der Waals surface area contributed by atoms with Gasteiger partial charge in [0.25, 0.3) is 0 Å². The van der Waals surface area contributed by atoms with Crippen LogP contribution in [0.5, 0.6) is 5.75 Å². The predicted molar refractivity (Wildman–Crippen MR) is 59.7 cm³/mol. The van der Waals surface area contributed by atoms with Crippen LogP contribution in [-0.4, -0.2) is 23.4 Å². The van der Waals surface area contributed by atoms with Gasteiger partial charge < -0.3 is 15.7 Å². The summed E-state index contributed by atoms with van der Waals surface area (Å²) in [7, 11) is 0. The maximum absolute atomic E-state index is 10.5. The Hall–Kier alpha value is -2.04. The highest BCUT2D eigenvalue weighted by Crippen LogP contribution is 2.12. The lowest BCUT2D eigenvalue weighted by atomic mass is 10.1. The van der Waals surface area contributed by atoms with Crippen LogP contribution in [-0.2, 0) is 4.79 Å². The van der Waals surface area contributed by atoms with Crippen molar-refractivity contribution in [2.75, 3.05) is 6.61 Å². The zero-order valence-electron chi connectivity index (χ0n) is 9.01. The van der Waals surface area contributed by atoms with Crippen molar-refractivity contribution in [3.8, 4) is 5.75 Å². The molecule has 1 rings (SSSR count). The smallest absolute Gasteiger partial charge is 0.220 e. The fraction of sp³-hybridized carbons (Fsp3) is 0.273. The molecule has 1 amide bonds. The van der Waals surface area contributed by atoms with Gasteiger partial charge in [0.15, 0.2) is 0 Å². The second-order valence-corrected chi connectivity index (χ2v) is 3.27. The van der Waals surface area contributed by atoms with E-state index in [0.717, 1.165) is 5.56 Å². The van der Waals surface area contributed by atoms with E-state index in [0.29, 0.717) is 11.5 Å². The van der Waals surface area contributed by atoms with Crippen LogP contribution in [0.2, 0.25) is 0 Å². The SMILES string of the molecule is C/C(=N\O)c1ccc(OCCC(N)=O)cc1. The van der Waals surface area contributed by atoms with Crippen molar-refractivity contribution in [1.82, 2.24) is 0 Å². The molecular weight excluding hydrogens is 208 g/mol. The Morgan fingerprint density at radius 2 is 2.06 bits per heavy atom. The van der Waals surface area contributed by atoms with Gasteiger partial charge in [-0.2, -0.15) is 0 Å². The van der Waals surface area contributed by atoms with Crippen LogP contribution >= 0.6 is 0 Å². The highest BCUT2D eigenvalue weighted by molar-refractivity contribution is 5.98. The van der Waals surface area contributed by atoms with E-state index in [-0.39, 0.29) is 18.9 Å². The van der Waals surface area contributed by atoms with Crippen molar-refractivity contribution in [1.29, 1.82) is 0 Å². The number of carbonyl (C=O) groups excluding carboxylic acids is 1. The molecular formula is C11H14N2O3. The molecule has 0 radical (unpaired) electrons. The average molecular weight is 222 g/mol. The maximum atomic E-state index is 10.5. The standard InChI is InChI=1S/C11H14N2O3/c1-8(13-15)9-2-4-10(5-3-9)16-7-6-11(12)14/h2-5,15H,6-7H2,1H3,(H2,12,14)/b13-8+. The highest BCUT2D eigenvalue weighted by Gasteiger charge is 2.00. The first-order chi connectivity index (χ1) is 7.63. The largest absolute Gasteiger partial charge is 0.493 e. The average Bonchev–Trinajstić information content (AvgIpc) is 2.28. The van der Waals surface area contributed by atoms with E-state index in [9.17, 15) is 4.79 Å². The molecule has 0 saturated heterocycles. The van der Waals surface area contributed by atoms with Crippen LogP contribution in [0.4, 0.5) is 0 Å². The van der Waals surface area contributed by atoms with Crippen molar-refractivity contribution < 1.29 is 14.7 Å². The van der Waals surface area contributed by atoms with Crippen molar-refractivity contribution in [2.45, 2.75) is 13.3 Å². The summed E-state index contributed by atoms with van der Waals surface area (Å²) in [6.45, 7) is 1.96. The number of ether oxygens (including phenoxy) is 1. The van der Waals surface area contributed by atoms with Gasteiger partial charge in [-0.3, -0.25) is 4.79 Å². The fourth-order valence-electron chi connectivity index (χ4n) is 1.12. The molecule has 5 nitrogen and oxygen atoms in total. The van der Waals surface area contributed by atoms with E-state index in [1.165, 1.54) is 0 Å². The zero-order chi connectivity index (χ0) is 12.0. The summed E-state index contributed by atoms with van der Waals surface area (Å²) in [4.78, 5) is 10.5. The molecule has 0 heterocycles. The van der Waals surface area contributed by atoms with Crippen LogP contribution in [0.25, 0.3) is 0 Å². The molecule has 5 heteroatoms. The molecule has 0 spiro atoms. The molecule has 0 bridgehead atoms. The summed E-state index contributed by atoms with van der Waals surface area (Å²) >= 11 is 0. The third kappa shape index (κ3) is 3.61. The van der Waals surface area contributed by atoms with Crippen LogP contribution in [0.3, 0.4) is 0 Å². The summed E-state index contributed by atoms with van der Waals surface area (Å²) in [5, 5.41) is 11.7. The minimum atomic E-state index is -0.389. The molecule has 86 valence electrons. The summed E-state index contributed by atoms with van der Waals surface area (Å²) in [6, 6.07) is 7.03. The Balaban J connectivity index is 2.55. The number of amides is 1. The maximum Gasteiger partial charge on any atom is 0.220 e. The minimum Gasteiger partial charge on any atom is -0.493 e. The van der Waals surface area contributed by atoms with Gasteiger partial charge >= 0.3 is 0 Å². The minimum absolute atomic E-state index is 0.193. The van der Waals surface area contributed by atoms with Gasteiger partial charge in [-0.1, -0.05) is 5.16 Å². The van der Waals surface area contributed by atoms with E-state index in [1.54, 1.807) is 31.2 Å².